The lowest BCUT2D eigenvalue weighted by Gasteiger charge is -2.16. The van der Waals surface area contributed by atoms with Crippen LogP contribution in [0.25, 0.3) is 0 Å². The van der Waals surface area contributed by atoms with E-state index in [1.54, 1.807) is 33.1 Å². The van der Waals surface area contributed by atoms with Crippen molar-refractivity contribution in [2.75, 3.05) is 7.11 Å². The lowest BCUT2D eigenvalue weighted by molar-refractivity contribution is 0.410. The van der Waals surface area contributed by atoms with Gasteiger partial charge in [0.1, 0.15) is 11.6 Å². The lowest BCUT2D eigenvalue weighted by atomic mass is 9.98. The molecule has 0 saturated carbocycles. The number of alkyl halides is 1. The van der Waals surface area contributed by atoms with E-state index < -0.39 is 0 Å². The van der Waals surface area contributed by atoms with E-state index in [1.165, 1.54) is 0 Å². The van der Waals surface area contributed by atoms with Gasteiger partial charge in [-0.1, -0.05) is 29.8 Å². The fraction of sp³-hybridized carbons (Fsp3) is 0.294. The summed E-state index contributed by atoms with van der Waals surface area (Å²) >= 11 is 6.58. The Balaban J connectivity index is 2.51. The van der Waals surface area contributed by atoms with Crippen LogP contribution in [0.5, 0.6) is 5.75 Å². The van der Waals surface area contributed by atoms with Gasteiger partial charge in [0.15, 0.2) is 0 Å². The highest BCUT2D eigenvalue weighted by Gasteiger charge is 2.18. The molecule has 1 atom stereocenters. The van der Waals surface area contributed by atoms with Crippen molar-refractivity contribution < 1.29 is 9.13 Å². The Morgan fingerprint density at radius 1 is 1.05 bits per heavy atom. The van der Waals surface area contributed by atoms with Crippen LogP contribution in [-0.2, 0) is 0 Å². The monoisotopic (exact) mass is 292 g/mol. The number of aryl methyl sites for hydroxylation is 3. The average Bonchev–Trinajstić information content (AvgIpc) is 2.43. The molecule has 0 aliphatic heterocycles. The Labute approximate surface area is 124 Å². The maximum atomic E-state index is 13.7. The van der Waals surface area contributed by atoms with E-state index in [9.17, 15) is 4.39 Å². The topological polar surface area (TPSA) is 9.23 Å². The van der Waals surface area contributed by atoms with Crippen LogP contribution in [0.1, 0.15) is 33.2 Å². The van der Waals surface area contributed by atoms with Gasteiger partial charge >= 0.3 is 0 Å². The largest absolute Gasteiger partial charge is 0.496 e. The van der Waals surface area contributed by atoms with E-state index in [-0.39, 0.29) is 11.2 Å². The summed E-state index contributed by atoms with van der Waals surface area (Å²) in [6, 6.07) is 9.48. The molecule has 106 valence electrons. The number of benzene rings is 2. The van der Waals surface area contributed by atoms with Crippen LogP contribution in [0.3, 0.4) is 0 Å². The van der Waals surface area contributed by atoms with Crippen molar-refractivity contribution in [2.45, 2.75) is 26.1 Å². The number of rotatable bonds is 3. The predicted molar refractivity (Wildman–Crippen MR) is 81.3 cm³/mol. The van der Waals surface area contributed by atoms with E-state index in [2.05, 4.69) is 0 Å². The molecular formula is C17H18ClFO. The van der Waals surface area contributed by atoms with Crippen LogP contribution in [0.15, 0.2) is 30.3 Å². The van der Waals surface area contributed by atoms with Crippen LogP contribution in [-0.4, -0.2) is 7.11 Å². The minimum atomic E-state index is -0.358. The van der Waals surface area contributed by atoms with Crippen LogP contribution in [0, 0.1) is 26.6 Å². The minimum Gasteiger partial charge on any atom is -0.496 e. The zero-order valence-electron chi connectivity index (χ0n) is 12.1. The van der Waals surface area contributed by atoms with Crippen LogP contribution < -0.4 is 4.74 Å². The number of halogens is 2. The Morgan fingerprint density at radius 2 is 1.65 bits per heavy atom. The molecule has 1 unspecified atom stereocenters. The summed E-state index contributed by atoms with van der Waals surface area (Å²) in [5.74, 6) is 0.573. The second kappa shape index (κ2) is 5.84. The van der Waals surface area contributed by atoms with Crippen molar-refractivity contribution in [3.8, 4) is 5.75 Å². The third-order valence-corrected chi connectivity index (χ3v) is 3.90. The SMILES string of the molecule is COc1ccc(C)cc1C(Cl)c1cc(C)c(F)c(C)c1. The summed E-state index contributed by atoms with van der Waals surface area (Å²) < 4.78 is 19.1. The Bertz CT molecular complexity index is 614. The van der Waals surface area contributed by atoms with E-state index >= 15 is 0 Å². The Morgan fingerprint density at radius 3 is 2.20 bits per heavy atom. The Hall–Kier alpha value is -1.54. The summed E-state index contributed by atoms with van der Waals surface area (Å²) in [6.45, 7) is 5.51. The number of ether oxygens (including phenoxy) is 1. The van der Waals surface area contributed by atoms with Crippen LogP contribution in [0.2, 0.25) is 0 Å². The molecular weight excluding hydrogens is 275 g/mol. The molecule has 0 amide bonds. The molecule has 0 aromatic heterocycles. The normalized spacial score (nSPS) is 12.3. The summed E-state index contributed by atoms with van der Waals surface area (Å²) in [5, 5.41) is -0.358. The van der Waals surface area contributed by atoms with Crippen molar-refractivity contribution in [1.82, 2.24) is 0 Å². The first-order chi connectivity index (χ1) is 9.43. The molecule has 1 nitrogen and oxygen atoms in total. The summed E-state index contributed by atoms with van der Waals surface area (Å²) in [4.78, 5) is 0. The zero-order valence-corrected chi connectivity index (χ0v) is 12.9. The molecule has 2 rings (SSSR count). The molecule has 0 heterocycles. The van der Waals surface area contributed by atoms with Gasteiger partial charge in [0.2, 0.25) is 0 Å². The van der Waals surface area contributed by atoms with Crippen molar-refractivity contribution in [2.24, 2.45) is 0 Å². The standard InChI is InChI=1S/C17H18ClFO/c1-10-5-6-15(20-4)14(7-10)16(18)13-8-11(2)17(19)12(3)9-13/h5-9,16H,1-4H3. The van der Waals surface area contributed by atoms with Gasteiger partial charge in [-0.05, 0) is 43.5 Å². The van der Waals surface area contributed by atoms with Gasteiger partial charge in [-0.25, -0.2) is 4.39 Å². The maximum Gasteiger partial charge on any atom is 0.129 e. The highest BCUT2D eigenvalue weighted by molar-refractivity contribution is 6.22. The highest BCUT2D eigenvalue weighted by atomic mass is 35.5. The number of hydrogen-bond donors (Lipinski definition) is 0. The van der Waals surface area contributed by atoms with Crippen molar-refractivity contribution in [3.05, 3.63) is 64.0 Å². The van der Waals surface area contributed by atoms with Crippen LogP contribution in [0.4, 0.5) is 4.39 Å². The highest BCUT2D eigenvalue weighted by Crippen LogP contribution is 2.36. The van der Waals surface area contributed by atoms with Crippen LogP contribution >= 0.6 is 11.6 Å². The van der Waals surface area contributed by atoms with Gasteiger partial charge in [-0.3, -0.25) is 0 Å². The minimum absolute atomic E-state index is 0.172. The first kappa shape index (κ1) is 14.9. The Kier molecular flexibility index (Phi) is 4.34. The van der Waals surface area contributed by atoms with Crippen molar-refractivity contribution in [3.63, 3.8) is 0 Å². The van der Waals surface area contributed by atoms with E-state index in [1.807, 2.05) is 25.1 Å². The molecule has 2 aromatic rings. The molecule has 0 fully saturated rings. The van der Waals surface area contributed by atoms with E-state index in [4.69, 9.17) is 16.3 Å². The summed E-state index contributed by atoms with van der Waals surface area (Å²) in [7, 11) is 1.62. The number of hydrogen-bond acceptors (Lipinski definition) is 1. The zero-order chi connectivity index (χ0) is 14.9. The first-order valence-electron chi connectivity index (χ1n) is 6.49. The molecule has 0 radical (unpaired) electrons. The van der Waals surface area contributed by atoms with Gasteiger partial charge in [0.25, 0.3) is 0 Å². The molecule has 0 saturated heterocycles. The summed E-state index contributed by atoms with van der Waals surface area (Å²) in [5.41, 5.74) is 4.11. The quantitative estimate of drug-likeness (QED) is 0.716. The third kappa shape index (κ3) is 2.80. The summed E-state index contributed by atoms with van der Waals surface area (Å²) in [6.07, 6.45) is 0. The molecule has 0 aliphatic rings. The number of methoxy groups -OCH3 is 1. The first-order valence-corrected chi connectivity index (χ1v) is 6.93. The second-order valence-electron chi connectivity index (χ2n) is 5.08. The van der Waals surface area contributed by atoms with Gasteiger partial charge < -0.3 is 4.74 Å². The van der Waals surface area contributed by atoms with Gasteiger partial charge in [-0.15, -0.1) is 11.6 Å². The molecule has 0 aliphatic carbocycles. The van der Waals surface area contributed by atoms with Gasteiger partial charge in [0.05, 0.1) is 12.5 Å². The molecule has 0 N–H and O–H groups in total. The third-order valence-electron chi connectivity index (χ3n) is 3.41. The van der Waals surface area contributed by atoms with Gasteiger partial charge in [-0.2, -0.15) is 0 Å². The lowest BCUT2D eigenvalue weighted by Crippen LogP contribution is -2.00. The van der Waals surface area contributed by atoms with E-state index in [0.717, 1.165) is 22.4 Å². The average molecular weight is 293 g/mol. The van der Waals surface area contributed by atoms with Crippen molar-refractivity contribution >= 4 is 11.6 Å². The predicted octanol–water partition coefficient (Wildman–Crippen LogP) is 5.09. The second-order valence-corrected chi connectivity index (χ2v) is 5.51. The molecule has 2 aromatic carbocycles. The molecule has 0 bridgehead atoms. The smallest absolute Gasteiger partial charge is 0.129 e. The molecule has 3 heteroatoms. The fourth-order valence-electron chi connectivity index (χ4n) is 2.36. The van der Waals surface area contributed by atoms with Gasteiger partial charge in [0, 0.05) is 5.56 Å². The van der Waals surface area contributed by atoms with Crippen molar-refractivity contribution in [1.29, 1.82) is 0 Å². The molecule has 0 spiro atoms. The fourth-order valence-corrected chi connectivity index (χ4v) is 2.65. The maximum absolute atomic E-state index is 13.7. The van der Waals surface area contributed by atoms with E-state index in [0.29, 0.717) is 11.1 Å². The molecule has 20 heavy (non-hydrogen) atoms.